The normalized spacial score (nSPS) is 16.1. The van der Waals surface area contributed by atoms with Gasteiger partial charge in [-0.15, -0.1) is 0 Å². The van der Waals surface area contributed by atoms with E-state index in [1.807, 2.05) is 0 Å². The highest BCUT2D eigenvalue weighted by atomic mass is 35.5. The van der Waals surface area contributed by atoms with E-state index in [1.165, 1.54) is 12.8 Å². The largest absolute Gasteiger partial charge is 0.389 e. The average Bonchev–Trinajstić information content (AvgIpc) is 3.18. The summed E-state index contributed by atoms with van der Waals surface area (Å²) in [6.07, 6.45) is 1.82. The van der Waals surface area contributed by atoms with Crippen molar-refractivity contribution in [1.29, 1.82) is 0 Å². The minimum Gasteiger partial charge on any atom is -0.389 e. The molecule has 1 atom stereocenters. The van der Waals surface area contributed by atoms with Crippen LogP contribution in [0.5, 0.6) is 0 Å². The summed E-state index contributed by atoms with van der Waals surface area (Å²) in [5.74, 6) is 0.426. The van der Waals surface area contributed by atoms with E-state index in [9.17, 15) is 9.90 Å². The Kier molecular flexibility index (Phi) is 5.39. The zero-order valence-corrected chi connectivity index (χ0v) is 12.2. The summed E-state index contributed by atoms with van der Waals surface area (Å²) in [6.45, 7) is 2.81. The van der Waals surface area contributed by atoms with E-state index < -0.39 is 6.10 Å². The summed E-state index contributed by atoms with van der Waals surface area (Å²) in [6, 6.07) is 0. The van der Waals surface area contributed by atoms with E-state index in [1.54, 1.807) is 6.92 Å². The summed E-state index contributed by atoms with van der Waals surface area (Å²) >= 11 is 5.78. The monoisotopic (exact) mass is 302 g/mol. The molecule has 1 saturated carbocycles. The molecule has 1 aromatic heterocycles. The highest BCUT2D eigenvalue weighted by molar-refractivity contribution is 6.29. The first-order valence-corrected chi connectivity index (χ1v) is 7.07. The maximum absolute atomic E-state index is 11.7. The van der Waals surface area contributed by atoms with Gasteiger partial charge in [-0.05, 0) is 37.3 Å². The van der Waals surface area contributed by atoms with Gasteiger partial charge in [0.1, 0.15) is 0 Å². The Bertz CT molecular complexity index is 440. The molecule has 1 heterocycles. The molecule has 1 aliphatic rings. The minimum atomic E-state index is -0.697. The van der Waals surface area contributed by atoms with Crippen LogP contribution in [-0.2, 0) is 16.0 Å². The number of aliphatic hydroxyl groups excluding tert-OH is 1. The molecule has 20 heavy (non-hydrogen) atoms. The molecule has 7 heteroatoms. The van der Waals surface area contributed by atoms with Crippen LogP contribution in [-0.4, -0.2) is 42.0 Å². The van der Waals surface area contributed by atoms with Gasteiger partial charge in [0.15, 0.2) is 0 Å². The second kappa shape index (κ2) is 7.06. The fourth-order valence-corrected chi connectivity index (χ4v) is 1.97. The molecule has 0 aromatic carbocycles. The summed E-state index contributed by atoms with van der Waals surface area (Å²) in [4.78, 5) is 11.7. The van der Waals surface area contributed by atoms with Crippen LogP contribution in [0, 0.1) is 12.8 Å². The Hall–Kier alpha value is -1.11. The van der Waals surface area contributed by atoms with Gasteiger partial charge >= 0.3 is 0 Å². The zero-order chi connectivity index (χ0) is 14.5. The Labute approximate surface area is 122 Å². The Balaban J connectivity index is 1.63. The maximum Gasteiger partial charge on any atom is 0.229 e. The maximum atomic E-state index is 11.7. The third-order valence-corrected chi connectivity index (χ3v) is 3.47. The number of halogens is 1. The van der Waals surface area contributed by atoms with Gasteiger partial charge in [-0.25, -0.2) is 0 Å². The number of aromatic nitrogens is 1. The van der Waals surface area contributed by atoms with Crippen molar-refractivity contribution in [3.63, 3.8) is 0 Å². The predicted octanol–water partition coefficient (Wildman–Crippen LogP) is 1.08. The molecule has 0 saturated heterocycles. The van der Waals surface area contributed by atoms with Crippen LogP contribution in [0.25, 0.3) is 0 Å². The van der Waals surface area contributed by atoms with Crippen molar-refractivity contribution in [3.05, 3.63) is 16.5 Å². The SMILES string of the molecule is Cc1noc(Cl)c1CC(=O)NCC(O)COCC1CC1. The van der Waals surface area contributed by atoms with Gasteiger partial charge in [0.25, 0.3) is 0 Å². The first-order chi connectivity index (χ1) is 9.56. The van der Waals surface area contributed by atoms with Gasteiger partial charge in [-0.2, -0.15) is 0 Å². The second-order valence-corrected chi connectivity index (χ2v) is 5.48. The zero-order valence-electron chi connectivity index (χ0n) is 11.4. The number of ether oxygens (including phenoxy) is 1. The van der Waals surface area contributed by atoms with Gasteiger partial charge in [0.05, 0.1) is 24.8 Å². The van der Waals surface area contributed by atoms with Crippen molar-refractivity contribution in [1.82, 2.24) is 10.5 Å². The number of hydrogen-bond acceptors (Lipinski definition) is 5. The van der Waals surface area contributed by atoms with E-state index in [4.69, 9.17) is 20.9 Å². The van der Waals surface area contributed by atoms with E-state index in [0.717, 1.165) is 0 Å². The average molecular weight is 303 g/mol. The van der Waals surface area contributed by atoms with Gasteiger partial charge in [0, 0.05) is 18.7 Å². The second-order valence-electron chi connectivity index (χ2n) is 5.14. The third-order valence-electron chi connectivity index (χ3n) is 3.17. The standard InChI is InChI=1S/C13H19ClN2O4/c1-8-11(13(14)20-16-8)4-12(18)15-5-10(17)7-19-6-9-2-3-9/h9-10,17H,2-7H2,1H3,(H,15,18). The lowest BCUT2D eigenvalue weighted by Gasteiger charge is -2.12. The summed E-state index contributed by atoms with van der Waals surface area (Å²) in [5, 5.41) is 16.1. The van der Waals surface area contributed by atoms with Crippen LogP contribution >= 0.6 is 11.6 Å². The highest BCUT2D eigenvalue weighted by Gasteiger charge is 2.21. The molecule has 1 aliphatic carbocycles. The molecule has 2 rings (SSSR count). The van der Waals surface area contributed by atoms with Crippen LogP contribution in [0.15, 0.2) is 4.52 Å². The number of hydrogen-bond donors (Lipinski definition) is 2. The van der Waals surface area contributed by atoms with Crippen molar-refractivity contribution in [2.75, 3.05) is 19.8 Å². The van der Waals surface area contributed by atoms with Gasteiger partial charge in [-0.3, -0.25) is 4.79 Å². The van der Waals surface area contributed by atoms with E-state index in [0.29, 0.717) is 23.8 Å². The summed E-state index contributed by atoms with van der Waals surface area (Å²) in [7, 11) is 0. The fourth-order valence-electron chi connectivity index (χ4n) is 1.73. The van der Waals surface area contributed by atoms with Crippen LogP contribution < -0.4 is 5.32 Å². The molecule has 0 bridgehead atoms. The van der Waals surface area contributed by atoms with E-state index in [2.05, 4.69) is 10.5 Å². The molecule has 6 nitrogen and oxygen atoms in total. The number of rotatable bonds is 8. The highest BCUT2D eigenvalue weighted by Crippen LogP contribution is 2.28. The lowest BCUT2D eigenvalue weighted by atomic mass is 10.2. The van der Waals surface area contributed by atoms with Gasteiger partial charge in [0.2, 0.25) is 11.1 Å². The first kappa shape index (κ1) is 15.3. The Morgan fingerprint density at radius 1 is 1.65 bits per heavy atom. The molecule has 1 fully saturated rings. The fraction of sp³-hybridized carbons (Fsp3) is 0.692. The number of carbonyl (C=O) groups is 1. The molecule has 0 spiro atoms. The number of carbonyl (C=O) groups excluding carboxylic acids is 1. The van der Waals surface area contributed by atoms with Crippen LogP contribution in [0.3, 0.4) is 0 Å². The van der Waals surface area contributed by atoms with Gasteiger partial charge < -0.3 is 19.7 Å². The number of nitrogens with one attached hydrogen (secondary N) is 1. The number of nitrogens with zero attached hydrogens (tertiary/aromatic N) is 1. The Morgan fingerprint density at radius 2 is 2.40 bits per heavy atom. The van der Waals surface area contributed by atoms with Crippen molar-refractivity contribution in [3.8, 4) is 0 Å². The molecule has 0 aliphatic heterocycles. The van der Waals surface area contributed by atoms with E-state index in [-0.39, 0.29) is 30.7 Å². The van der Waals surface area contributed by atoms with Crippen molar-refractivity contribution in [2.24, 2.45) is 5.92 Å². The minimum absolute atomic E-state index is 0.0871. The van der Waals surface area contributed by atoms with Crippen LogP contribution in [0.4, 0.5) is 0 Å². The van der Waals surface area contributed by atoms with E-state index >= 15 is 0 Å². The first-order valence-electron chi connectivity index (χ1n) is 6.69. The lowest BCUT2D eigenvalue weighted by Crippen LogP contribution is -2.35. The Morgan fingerprint density at radius 3 is 3.00 bits per heavy atom. The van der Waals surface area contributed by atoms with Gasteiger partial charge in [-0.1, -0.05) is 5.16 Å². The number of aliphatic hydroxyl groups is 1. The van der Waals surface area contributed by atoms with Crippen molar-refractivity contribution in [2.45, 2.75) is 32.3 Å². The molecular formula is C13H19ClN2O4. The number of aryl methyl sites for hydroxylation is 1. The number of amides is 1. The molecule has 0 radical (unpaired) electrons. The molecule has 1 unspecified atom stereocenters. The summed E-state index contributed by atoms with van der Waals surface area (Å²) in [5.41, 5.74) is 1.17. The van der Waals surface area contributed by atoms with Crippen molar-refractivity contribution >= 4 is 17.5 Å². The lowest BCUT2D eigenvalue weighted by molar-refractivity contribution is -0.121. The van der Waals surface area contributed by atoms with Crippen LogP contribution in [0.1, 0.15) is 24.1 Å². The smallest absolute Gasteiger partial charge is 0.229 e. The molecule has 2 N–H and O–H groups in total. The third kappa shape index (κ3) is 4.77. The predicted molar refractivity (Wildman–Crippen MR) is 72.5 cm³/mol. The quantitative estimate of drug-likeness (QED) is 0.751. The van der Waals surface area contributed by atoms with Crippen molar-refractivity contribution < 1.29 is 19.2 Å². The molecular weight excluding hydrogens is 284 g/mol. The molecule has 1 aromatic rings. The topological polar surface area (TPSA) is 84.6 Å². The molecule has 1 amide bonds. The summed E-state index contributed by atoms with van der Waals surface area (Å²) < 4.78 is 10.1. The van der Waals surface area contributed by atoms with Crippen LogP contribution in [0.2, 0.25) is 5.22 Å². The molecule has 112 valence electrons.